The molecule has 2 aliphatic rings. The first kappa shape index (κ1) is 15.5. The van der Waals surface area contributed by atoms with E-state index in [0.717, 1.165) is 17.1 Å². The van der Waals surface area contributed by atoms with Crippen molar-refractivity contribution >= 4 is 23.1 Å². The van der Waals surface area contributed by atoms with Crippen LogP contribution in [0.25, 0.3) is 0 Å². The highest BCUT2D eigenvalue weighted by Crippen LogP contribution is 2.35. The fourth-order valence-electron chi connectivity index (χ4n) is 2.79. The van der Waals surface area contributed by atoms with Crippen molar-refractivity contribution in [3.05, 3.63) is 42.6 Å². The summed E-state index contributed by atoms with van der Waals surface area (Å²) in [7, 11) is 0. The quantitative estimate of drug-likeness (QED) is 0.723. The van der Waals surface area contributed by atoms with Crippen LogP contribution in [0.1, 0.15) is 0 Å². The Hall–Kier alpha value is -3.75. The highest BCUT2D eigenvalue weighted by atomic mass is 16.7. The lowest BCUT2D eigenvalue weighted by Gasteiger charge is -2.19. The molecule has 0 saturated heterocycles. The van der Waals surface area contributed by atoms with Crippen molar-refractivity contribution in [1.82, 2.24) is 15.2 Å². The van der Waals surface area contributed by atoms with Crippen molar-refractivity contribution < 1.29 is 18.9 Å². The van der Waals surface area contributed by atoms with E-state index >= 15 is 0 Å². The molecule has 5 rings (SSSR count). The number of hydrogen-bond acceptors (Lipinski definition) is 9. The third-order valence-electron chi connectivity index (χ3n) is 4.00. The van der Waals surface area contributed by atoms with E-state index in [2.05, 4.69) is 25.8 Å². The molecule has 0 atom stereocenters. The number of fused-ring (bicyclic) bond motifs is 2. The number of aromatic nitrogens is 3. The van der Waals surface area contributed by atoms with Crippen LogP contribution in [0, 0.1) is 0 Å². The number of benzene rings is 2. The van der Waals surface area contributed by atoms with Crippen LogP contribution in [-0.2, 0) is 0 Å². The van der Waals surface area contributed by atoms with Gasteiger partial charge in [-0.3, -0.25) is 0 Å². The zero-order chi connectivity index (χ0) is 18.1. The molecule has 3 heterocycles. The van der Waals surface area contributed by atoms with E-state index in [1.54, 1.807) is 6.20 Å². The molecule has 0 spiro atoms. The van der Waals surface area contributed by atoms with Crippen molar-refractivity contribution in [2.24, 2.45) is 0 Å². The van der Waals surface area contributed by atoms with Gasteiger partial charge in [-0.2, -0.15) is 10.1 Å². The van der Waals surface area contributed by atoms with Gasteiger partial charge < -0.3 is 29.6 Å². The second-order valence-electron chi connectivity index (χ2n) is 5.84. The average molecular weight is 365 g/mol. The topological polar surface area (TPSA) is 99.7 Å². The van der Waals surface area contributed by atoms with Crippen molar-refractivity contribution in [3.8, 4) is 23.0 Å². The van der Waals surface area contributed by atoms with E-state index in [4.69, 9.17) is 18.9 Å². The minimum Gasteiger partial charge on any atom is -0.486 e. The number of hydrogen-bond donors (Lipinski definition) is 2. The number of nitrogens with one attached hydrogen (secondary N) is 2. The Labute approximate surface area is 154 Å². The monoisotopic (exact) mass is 365 g/mol. The summed E-state index contributed by atoms with van der Waals surface area (Å²) in [5.74, 6) is 3.73. The van der Waals surface area contributed by atoms with Gasteiger partial charge in [0.15, 0.2) is 28.8 Å². The smallest absolute Gasteiger partial charge is 0.249 e. The summed E-state index contributed by atoms with van der Waals surface area (Å²) < 4.78 is 21.8. The van der Waals surface area contributed by atoms with E-state index < -0.39 is 0 Å². The molecule has 0 saturated carbocycles. The Morgan fingerprint density at radius 1 is 0.741 bits per heavy atom. The van der Waals surface area contributed by atoms with E-state index in [1.165, 1.54) is 0 Å². The van der Waals surface area contributed by atoms with Gasteiger partial charge in [0.1, 0.15) is 13.2 Å². The largest absolute Gasteiger partial charge is 0.486 e. The molecule has 1 aromatic heterocycles. The molecule has 0 radical (unpaired) electrons. The fourth-order valence-corrected chi connectivity index (χ4v) is 2.79. The third-order valence-corrected chi connectivity index (χ3v) is 4.00. The Balaban J connectivity index is 1.33. The van der Waals surface area contributed by atoms with Crippen molar-refractivity contribution in [2.75, 3.05) is 30.6 Å². The standard InChI is InChI=1S/C18H15N5O4/c1-3-13-15(25-6-5-24-13)7-11(1)20-17-9-19-23-18(22-17)21-12-2-4-14-16(8-12)27-10-26-14/h1-4,7-9H,5-6,10H2,(H2,20,21,22,23). The Morgan fingerprint density at radius 3 is 2.26 bits per heavy atom. The highest BCUT2D eigenvalue weighted by Gasteiger charge is 2.14. The second-order valence-corrected chi connectivity index (χ2v) is 5.84. The van der Waals surface area contributed by atoms with E-state index in [-0.39, 0.29) is 6.79 Å². The number of nitrogens with zero attached hydrogens (tertiary/aromatic N) is 3. The zero-order valence-corrected chi connectivity index (χ0v) is 14.1. The maximum absolute atomic E-state index is 5.59. The summed E-state index contributed by atoms with van der Waals surface area (Å²) in [6, 6.07) is 11.1. The molecule has 0 fully saturated rings. The van der Waals surface area contributed by atoms with Gasteiger partial charge in [0.25, 0.3) is 0 Å². The molecule has 0 aliphatic carbocycles. The van der Waals surface area contributed by atoms with Crippen molar-refractivity contribution in [2.45, 2.75) is 0 Å². The minimum atomic E-state index is 0.228. The molecular weight excluding hydrogens is 350 g/mol. The summed E-state index contributed by atoms with van der Waals surface area (Å²) in [5.41, 5.74) is 1.59. The van der Waals surface area contributed by atoms with Crippen molar-refractivity contribution in [3.63, 3.8) is 0 Å². The van der Waals surface area contributed by atoms with Crippen LogP contribution in [0.4, 0.5) is 23.1 Å². The van der Waals surface area contributed by atoms with Gasteiger partial charge in [-0.25, -0.2) is 0 Å². The molecular formula is C18H15N5O4. The molecule has 2 aromatic carbocycles. The fraction of sp³-hybridized carbons (Fsp3) is 0.167. The Bertz CT molecular complexity index is 997. The molecule has 2 N–H and O–H groups in total. The van der Waals surface area contributed by atoms with Crippen LogP contribution < -0.4 is 29.6 Å². The molecule has 0 amide bonds. The summed E-state index contributed by atoms with van der Waals surface area (Å²) in [5, 5.41) is 14.3. The van der Waals surface area contributed by atoms with Gasteiger partial charge in [0.2, 0.25) is 12.7 Å². The van der Waals surface area contributed by atoms with Gasteiger partial charge in [-0.05, 0) is 24.3 Å². The lowest BCUT2D eigenvalue weighted by molar-refractivity contribution is 0.171. The summed E-state index contributed by atoms with van der Waals surface area (Å²) in [6.07, 6.45) is 1.54. The Morgan fingerprint density at radius 2 is 1.41 bits per heavy atom. The summed E-state index contributed by atoms with van der Waals surface area (Å²) in [4.78, 5) is 4.43. The second kappa shape index (κ2) is 6.52. The number of anilines is 4. The van der Waals surface area contributed by atoms with Crippen LogP contribution in [-0.4, -0.2) is 35.2 Å². The number of rotatable bonds is 4. The minimum absolute atomic E-state index is 0.228. The van der Waals surface area contributed by atoms with E-state index in [1.807, 2.05) is 36.4 Å². The number of ether oxygens (including phenoxy) is 4. The van der Waals surface area contributed by atoms with Crippen LogP contribution in [0.15, 0.2) is 42.6 Å². The van der Waals surface area contributed by atoms with E-state index in [9.17, 15) is 0 Å². The molecule has 136 valence electrons. The van der Waals surface area contributed by atoms with Gasteiger partial charge in [0, 0.05) is 23.5 Å². The predicted octanol–water partition coefficient (Wildman–Crippen LogP) is 2.86. The SMILES string of the molecule is c1cc2c(cc1Nc1cnnc(Nc3ccc4c(c3)OCO4)n1)OCCO2. The highest BCUT2D eigenvalue weighted by molar-refractivity contribution is 5.63. The summed E-state index contributed by atoms with van der Waals surface area (Å²) in [6.45, 7) is 1.32. The average Bonchev–Trinajstić information content (AvgIpc) is 3.16. The van der Waals surface area contributed by atoms with Crippen LogP contribution in [0.5, 0.6) is 23.0 Å². The van der Waals surface area contributed by atoms with Gasteiger partial charge in [-0.1, -0.05) is 0 Å². The van der Waals surface area contributed by atoms with Crippen LogP contribution in [0.3, 0.4) is 0 Å². The first-order chi connectivity index (χ1) is 13.3. The molecule has 9 heteroatoms. The lowest BCUT2D eigenvalue weighted by atomic mass is 10.2. The van der Waals surface area contributed by atoms with Gasteiger partial charge in [0.05, 0.1) is 6.20 Å². The molecule has 2 aliphatic heterocycles. The van der Waals surface area contributed by atoms with Crippen LogP contribution in [0.2, 0.25) is 0 Å². The van der Waals surface area contributed by atoms with Gasteiger partial charge >= 0.3 is 0 Å². The normalized spacial score (nSPS) is 13.9. The summed E-state index contributed by atoms with van der Waals surface area (Å²) >= 11 is 0. The van der Waals surface area contributed by atoms with Gasteiger partial charge in [-0.15, -0.1) is 5.10 Å². The van der Waals surface area contributed by atoms with Crippen LogP contribution >= 0.6 is 0 Å². The Kier molecular flexibility index (Phi) is 3.74. The maximum atomic E-state index is 5.59. The van der Waals surface area contributed by atoms with Crippen molar-refractivity contribution in [1.29, 1.82) is 0 Å². The first-order valence-corrected chi connectivity index (χ1v) is 8.36. The third kappa shape index (κ3) is 3.22. The molecule has 0 unspecified atom stereocenters. The predicted molar refractivity (Wildman–Crippen MR) is 96.4 cm³/mol. The molecule has 0 bridgehead atoms. The molecule has 9 nitrogen and oxygen atoms in total. The maximum Gasteiger partial charge on any atom is 0.249 e. The first-order valence-electron chi connectivity index (χ1n) is 8.36. The zero-order valence-electron chi connectivity index (χ0n) is 14.1. The molecule has 3 aromatic rings. The van der Waals surface area contributed by atoms with E-state index in [0.29, 0.717) is 42.2 Å². The lowest BCUT2D eigenvalue weighted by Crippen LogP contribution is -2.15. The molecule has 27 heavy (non-hydrogen) atoms.